The van der Waals surface area contributed by atoms with Gasteiger partial charge in [-0.1, -0.05) is 62.2 Å². The molecule has 2 amide bonds. The van der Waals surface area contributed by atoms with Gasteiger partial charge in [0.2, 0.25) is 11.8 Å². The van der Waals surface area contributed by atoms with Crippen molar-refractivity contribution in [1.29, 1.82) is 0 Å². The van der Waals surface area contributed by atoms with Gasteiger partial charge in [-0.2, -0.15) is 0 Å². The molecule has 1 N–H and O–H groups in total. The Kier molecular flexibility index (Phi) is 11.4. The molecule has 0 radical (unpaired) electrons. The van der Waals surface area contributed by atoms with Crippen LogP contribution in [0.2, 0.25) is 10.0 Å². The smallest absolute Gasteiger partial charge is 0.242 e. The van der Waals surface area contributed by atoms with E-state index in [1.54, 1.807) is 24.1 Å². The van der Waals surface area contributed by atoms with Crippen molar-refractivity contribution in [2.24, 2.45) is 5.92 Å². The molecule has 0 saturated carbocycles. The Balaban J connectivity index is 2.16. The van der Waals surface area contributed by atoms with Gasteiger partial charge >= 0.3 is 0 Å². The van der Waals surface area contributed by atoms with Crippen LogP contribution < -0.4 is 10.1 Å². The normalized spacial score (nSPS) is 11.8. The summed E-state index contributed by atoms with van der Waals surface area (Å²) < 4.78 is 5.32. The molecule has 0 spiro atoms. The van der Waals surface area contributed by atoms with Crippen LogP contribution in [0.5, 0.6) is 5.75 Å². The molecule has 0 bridgehead atoms. The Morgan fingerprint density at radius 1 is 1.15 bits per heavy atom. The molecular formula is C25H32Cl2N2O3S. The number of hydrogen-bond donors (Lipinski definition) is 1. The maximum atomic E-state index is 13.3. The lowest BCUT2D eigenvalue weighted by atomic mass is 10.1. The van der Waals surface area contributed by atoms with Crippen LogP contribution >= 0.6 is 35.0 Å². The van der Waals surface area contributed by atoms with Crippen LogP contribution in [0.4, 0.5) is 0 Å². The van der Waals surface area contributed by atoms with Crippen molar-refractivity contribution in [2.75, 3.05) is 19.4 Å². The zero-order valence-corrected chi connectivity index (χ0v) is 21.9. The van der Waals surface area contributed by atoms with Crippen LogP contribution in [0, 0.1) is 5.92 Å². The van der Waals surface area contributed by atoms with E-state index in [-0.39, 0.29) is 17.6 Å². The average Bonchev–Trinajstić information content (AvgIpc) is 2.79. The van der Waals surface area contributed by atoms with E-state index >= 15 is 0 Å². The minimum atomic E-state index is -0.554. The first-order valence-corrected chi connectivity index (χ1v) is 12.9. The maximum Gasteiger partial charge on any atom is 0.242 e. The molecule has 0 aromatic heterocycles. The number of ether oxygens (including phenoxy) is 1. The fraction of sp³-hybridized carbons (Fsp3) is 0.440. The van der Waals surface area contributed by atoms with Crippen LogP contribution in [-0.2, 0) is 21.9 Å². The number of thioether (sulfide) groups is 1. The Bertz CT molecular complexity index is 940. The van der Waals surface area contributed by atoms with Crippen molar-refractivity contribution in [2.45, 2.75) is 45.5 Å². The molecule has 0 unspecified atom stereocenters. The molecule has 1 atom stereocenters. The first kappa shape index (κ1) is 27.4. The highest BCUT2D eigenvalue weighted by Crippen LogP contribution is 2.25. The summed E-state index contributed by atoms with van der Waals surface area (Å²) in [5.41, 5.74) is 1.82. The molecule has 8 heteroatoms. The Morgan fingerprint density at radius 3 is 2.55 bits per heavy atom. The zero-order valence-electron chi connectivity index (χ0n) is 19.6. The third kappa shape index (κ3) is 8.76. The standard InChI is InChI=1S/C25H32Cl2N2O3S/c1-5-23(25(31)28-13-17(2)3)29(14-18-7-6-8-21(11-18)32-4)24(30)16-33-15-19-9-10-20(26)12-22(19)27/h6-12,17,23H,5,13-16H2,1-4H3,(H,28,31)/t23-/m0/s1. The van der Waals surface area contributed by atoms with Crippen molar-refractivity contribution >= 4 is 46.8 Å². The quantitative estimate of drug-likeness (QED) is 0.391. The third-order valence-corrected chi connectivity index (χ3v) is 6.61. The van der Waals surface area contributed by atoms with Gasteiger partial charge in [-0.25, -0.2) is 0 Å². The van der Waals surface area contributed by atoms with Crippen molar-refractivity contribution < 1.29 is 14.3 Å². The average molecular weight is 512 g/mol. The van der Waals surface area contributed by atoms with Gasteiger partial charge in [0.1, 0.15) is 11.8 Å². The summed E-state index contributed by atoms with van der Waals surface area (Å²) in [6, 6.07) is 12.4. The van der Waals surface area contributed by atoms with Gasteiger partial charge in [0, 0.05) is 28.9 Å². The van der Waals surface area contributed by atoms with Crippen molar-refractivity contribution in [3.05, 3.63) is 63.6 Å². The highest BCUT2D eigenvalue weighted by Gasteiger charge is 2.28. The number of methoxy groups -OCH3 is 1. The molecule has 0 aliphatic heterocycles. The largest absolute Gasteiger partial charge is 0.497 e. The minimum absolute atomic E-state index is 0.0977. The monoisotopic (exact) mass is 510 g/mol. The van der Waals surface area contributed by atoms with Crippen LogP contribution in [0.1, 0.15) is 38.3 Å². The Morgan fingerprint density at radius 2 is 1.91 bits per heavy atom. The Labute approximate surface area is 211 Å². The van der Waals surface area contributed by atoms with Gasteiger partial charge in [0.25, 0.3) is 0 Å². The van der Waals surface area contributed by atoms with Crippen LogP contribution in [0.3, 0.4) is 0 Å². The van der Waals surface area contributed by atoms with E-state index < -0.39 is 6.04 Å². The first-order chi connectivity index (χ1) is 15.7. The fourth-order valence-corrected chi connectivity index (χ4v) is 4.75. The van der Waals surface area contributed by atoms with E-state index in [1.165, 1.54) is 11.8 Å². The second-order valence-electron chi connectivity index (χ2n) is 8.16. The number of rotatable bonds is 12. The summed E-state index contributed by atoms with van der Waals surface area (Å²) in [6.07, 6.45) is 0.521. The molecular weight excluding hydrogens is 479 g/mol. The number of nitrogens with zero attached hydrogens (tertiary/aromatic N) is 1. The van der Waals surface area contributed by atoms with E-state index in [4.69, 9.17) is 27.9 Å². The van der Waals surface area contributed by atoms with Gasteiger partial charge in [-0.05, 0) is 47.7 Å². The van der Waals surface area contributed by atoms with E-state index in [0.29, 0.717) is 47.0 Å². The topological polar surface area (TPSA) is 58.6 Å². The van der Waals surface area contributed by atoms with Crippen LogP contribution in [0.15, 0.2) is 42.5 Å². The highest BCUT2D eigenvalue weighted by atomic mass is 35.5. The lowest BCUT2D eigenvalue weighted by Crippen LogP contribution is -2.50. The number of halogens is 2. The zero-order chi connectivity index (χ0) is 24.4. The molecule has 0 heterocycles. The second kappa shape index (κ2) is 13.7. The number of benzene rings is 2. The van der Waals surface area contributed by atoms with Gasteiger partial charge < -0.3 is 15.0 Å². The van der Waals surface area contributed by atoms with E-state index in [2.05, 4.69) is 5.32 Å². The summed E-state index contributed by atoms with van der Waals surface area (Å²) in [7, 11) is 1.61. The molecule has 2 aromatic carbocycles. The molecule has 5 nitrogen and oxygen atoms in total. The summed E-state index contributed by atoms with van der Waals surface area (Å²) >= 11 is 13.7. The molecule has 33 heavy (non-hydrogen) atoms. The van der Waals surface area contributed by atoms with Gasteiger partial charge in [0.15, 0.2) is 0 Å². The van der Waals surface area contributed by atoms with Gasteiger partial charge in [-0.15, -0.1) is 11.8 Å². The molecule has 2 rings (SSSR count). The van der Waals surface area contributed by atoms with Gasteiger partial charge in [0.05, 0.1) is 12.9 Å². The SMILES string of the molecule is CC[C@@H](C(=O)NCC(C)C)N(Cc1cccc(OC)c1)C(=O)CSCc1ccc(Cl)cc1Cl. The van der Waals surface area contributed by atoms with Crippen LogP contribution in [-0.4, -0.2) is 42.2 Å². The second-order valence-corrected chi connectivity index (χ2v) is 9.99. The molecule has 0 aliphatic carbocycles. The van der Waals surface area contributed by atoms with E-state index in [9.17, 15) is 9.59 Å². The summed E-state index contributed by atoms with van der Waals surface area (Å²) in [5.74, 6) is 1.62. The number of hydrogen-bond acceptors (Lipinski definition) is 4. The van der Waals surface area contributed by atoms with E-state index in [1.807, 2.05) is 51.1 Å². The summed E-state index contributed by atoms with van der Waals surface area (Å²) in [6.45, 7) is 6.90. The lowest BCUT2D eigenvalue weighted by Gasteiger charge is -2.31. The van der Waals surface area contributed by atoms with Crippen molar-refractivity contribution in [1.82, 2.24) is 10.2 Å². The maximum absolute atomic E-state index is 13.3. The molecule has 0 saturated heterocycles. The minimum Gasteiger partial charge on any atom is -0.497 e. The predicted octanol–water partition coefficient (Wildman–Crippen LogP) is 5.81. The Hall–Kier alpha value is -1.89. The number of carbonyl (C=O) groups excluding carboxylic acids is 2. The van der Waals surface area contributed by atoms with Crippen LogP contribution in [0.25, 0.3) is 0 Å². The van der Waals surface area contributed by atoms with E-state index in [0.717, 1.165) is 11.1 Å². The number of carbonyl (C=O) groups is 2. The predicted molar refractivity (Wildman–Crippen MR) is 138 cm³/mol. The summed E-state index contributed by atoms with van der Waals surface area (Å²) in [5, 5.41) is 4.13. The highest BCUT2D eigenvalue weighted by molar-refractivity contribution is 7.99. The third-order valence-electron chi connectivity index (χ3n) is 5.06. The molecule has 2 aromatic rings. The van der Waals surface area contributed by atoms with Gasteiger partial charge in [-0.3, -0.25) is 9.59 Å². The lowest BCUT2D eigenvalue weighted by molar-refractivity contribution is -0.139. The van der Waals surface area contributed by atoms with Crippen molar-refractivity contribution in [3.8, 4) is 5.75 Å². The number of amides is 2. The molecule has 180 valence electrons. The number of nitrogens with one attached hydrogen (secondary N) is 1. The fourth-order valence-electron chi connectivity index (χ4n) is 3.28. The molecule has 0 fully saturated rings. The van der Waals surface area contributed by atoms with Crippen molar-refractivity contribution in [3.63, 3.8) is 0 Å². The summed E-state index contributed by atoms with van der Waals surface area (Å²) in [4.78, 5) is 27.9. The molecule has 0 aliphatic rings. The first-order valence-electron chi connectivity index (χ1n) is 11.0.